The Morgan fingerprint density at radius 2 is 2.16 bits per heavy atom. The molecule has 2 rings (SSSR count). The zero-order valence-corrected chi connectivity index (χ0v) is 11.2. The molecule has 0 unspecified atom stereocenters. The van der Waals surface area contributed by atoms with Crippen LogP contribution in [0.25, 0.3) is 0 Å². The summed E-state index contributed by atoms with van der Waals surface area (Å²) in [6, 6.07) is 3.64. The van der Waals surface area contributed by atoms with Gasteiger partial charge in [-0.15, -0.1) is 0 Å². The van der Waals surface area contributed by atoms with Gasteiger partial charge < -0.3 is 16.4 Å². The van der Waals surface area contributed by atoms with E-state index in [1.54, 1.807) is 6.20 Å². The average molecular weight is 262 g/mol. The number of amides is 1. The largest absolute Gasteiger partial charge is 0.396 e. The average Bonchev–Trinajstić information content (AvgIpc) is 2.33. The lowest BCUT2D eigenvalue weighted by Crippen LogP contribution is -2.35. The molecule has 0 aliphatic heterocycles. The highest BCUT2D eigenvalue weighted by molar-refractivity contribution is 5.79. The number of carbonyl (C=O) groups is 1. The molecule has 1 heterocycles. The van der Waals surface area contributed by atoms with E-state index in [9.17, 15) is 4.79 Å². The summed E-state index contributed by atoms with van der Waals surface area (Å²) >= 11 is 0. The number of hydrogen-bond donors (Lipinski definition) is 3. The molecule has 4 N–H and O–H groups in total. The minimum Gasteiger partial charge on any atom is -0.396 e. The van der Waals surface area contributed by atoms with Crippen molar-refractivity contribution in [3.8, 4) is 0 Å². The zero-order valence-electron chi connectivity index (χ0n) is 11.2. The molecule has 1 aliphatic carbocycles. The molecule has 0 bridgehead atoms. The third kappa shape index (κ3) is 4.12. The van der Waals surface area contributed by atoms with E-state index in [2.05, 4.69) is 15.6 Å². The van der Waals surface area contributed by atoms with Crippen LogP contribution >= 0.6 is 0 Å². The molecule has 0 radical (unpaired) electrons. The maximum atomic E-state index is 11.6. The van der Waals surface area contributed by atoms with Crippen LogP contribution in [0.1, 0.15) is 32.1 Å². The van der Waals surface area contributed by atoms with Crippen LogP contribution in [0.15, 0.2) is 18.3 Å². The molecular weight excluding hydrogens is 240 g/mol. The maximum absolute atomic E-state index is 11.6. The Hall–Kier alpha value is -1.78. The predicted molar refractivity (Wildman–Crippen MR) is 76.7 cm³/mol. The van der Waals surface area contributed by atoms with Crippen molar-refractivity contribution in [1.82, 2.24) is 10.3 Å². The standard InChI is InChI=1S/C14H22N4O/c15-12-7-4-10-17-13(12)16-8-1-2-9-18-14(19)11-5-3-6-11/h4,7,10-11H,1-3,5-6,8-9,15H2,(H,16,17)(H,18,19). The van der Waals surface area contributed by atoms with Crippen molar-refractivity contribution in [2.24, 2.45) is 5.92 Å². The van der Waals surface area contributed by atoms with Crippen LogP contribution in [0, 0.1) is 5.92 Å². The highest BCUT2D eigenvalue weighted by Gasteiger charge is 2.24. The van der Waals surface area contributed by atoms with E-state index in [0.29, 0.717) is 5.69 Å². The molecule has 0 saturated heterocycles. The van der Waals surface area contributed by atoms with Gasteiger partial charge in [0.15, 0.2) is 0 Å². The van der Waals surface area contributed by atoms with Crippen molar-refractivity contribution < 1.29 is 4.79 Å². The molecule has 5 heteroatoms. The van der Waals surface area contributed by atoms with Crippen LogP contribution < -0.4 is 16.4 Å². The van der Waals surface area contributed by atoms with Crippen LogP contribution in [-0.4, -0.2) is 24.0 Å². The van der Waals surface area contributed by atoms with Crippen molar-refractivity contribution in [1.29, 1.82) is 0 Å². The molecule has 1 saturated carbocycles. The van der Waals surface area contributed by atoms with Gasteiger partial charge in [0, 0.05) is 25.2 Å². The fourth-order valence-electron chi connectivity index (χ4n) is 2.05. The van der Waals surface area contributed by atoms with Gasteiger partial charge in [-0.05, 0) is 37.8 Å². The molecule has 0 aromatic carbocycles. The molecule has 1 aromatic heterocycles. The third-order valence-electron chi connectivity index (χ3n) is 3.51. The second-order valence-corrected chi connectivity index (χ2v) is 4.99. The Labute approximate surface area is 114 Å². The number of hydrogen-bond acceptors (Lipinski definition) is 4. The smallest absolute Gasteiger partial charge is 0.223 e. The first-order valence-corrected chi connectivity index (χ1v) is 6.99. The van der Waals surface area contributed by atoms with Crippen LogP contribution in [0.2, 0.25) is 0 Å². The monoisotopic (exact) mass is 262 g/mol. The van der Waals surface area contributed by atoms with Crippen LogP contribution in [0.5, 0.6) is 0 Å². The number of nitrogens with zero attached hydrogens (tertiary/aromatic N) is 1. The first-order chi connectivity index (χ1) is 9.27. The fourth-order valence-corrected chi connectivity index (χ4v) is 2.05. The summed E-state index contributed by atoms with van der Waals surface area (Å²) in [6.45, 7) is 1.58. The second kappa shape index (κ2) is 6.97. The Bertz CT molecular complexity index is 418. The second-order valence-electron chi connectivity index (χ2n) is 4.99. The number of aromatic nitrogens is 1. The number of rotatable bonds is 7. The summed E-state index contributed by atoms with van der Waals surface area (Å²) in [4.78, 5) is 15.7. The summed E-state index contributed by atoms with van der Waals surface area (Å²) in [5.41, 5.74) is 6.44. The molecule has 0 spiro atoms. The highest BCUT2D eigenvalue weighted by atomic mass is 16.1. The van der Waals surface area contributed by atoms with Crippen molar-refractivity contribution >= 4 is 17.4 Å². The van der Waals surface area contributed by atoms with E-state index in [0.717, 1.165) is 44.6 Å². The van der Waals surface area contributed by atoms with Crippen molar-refractivity contribution in [3.05, 3.63) is 18.3 Å². The van der Waals surface area contributed by atoms with Gasteiger partial charge in [-0.1, -0.05) is 6.42 Å². The molecule has 1 fully saturated rings. The van der Waals surface area contributed by atoms with Crippen molar-refractivity contribution in [2.75, 3.05) is 24.1 Å². The summed E-state index contributed by atoms with van der Waals surface area (Å²) in [5, 5.41) is 6.18. The number of carbonyl (C=O) groups excluding carboxylic acids is 1. The summed E-state index contributed by atoms with van der Waals surface area (Å²) in [7, 11) is 0. The molecule has 1 amide bonds. The van der Waals surface area contributed by atoms with Crippen molar-refractivity contribution in [3.63, 3.8) is 0 Å². The molecule has 1 aliphatic rings. The SMILES string of the molecule is Nc1cccnc1NCCCCNC(=O)C1CCC1. The van der Waals surface area contributed by atoms with Gasteiger partial charge in [0.1, 0.15) is 5.82 Å². The van der Waals surface area contributed by atoms with Gasteiger partial charge in [-0.2, -0.15) is 0 Å². The van der Waals surface area contributed by atoms with Gasteiger partial charge in [-0.25, -0.2) is 4.98 Å². The molecule has 1 aromatic rings. The maximum Gasteiger partial charge on any atom is 0.223 e. The van der Waals surface area contributed by atoms with Crippen LogP contribution in [-0.2, 0) is 4.79 Å². The Morgan fingerprint density at radius 1 is 1.37 bits per heavy atom. The lowest BCUT2D eigenvalue weighted by atomic mass is 9.85. The lowest BCUT2D eigenvalue weighted by Gasteiger charge is -2.23. The highest BCUT2D eigenvalue weighted by Crippen LogP contribution is 2.26. The quantitative estimate of drug-likeness (QED) is 0.654. The normalized spacial score (nSPS) is 14.7. The first-order valence-electron chi connectivity index (χ1n) is 6.99. The van der Waals surface area contributed by atoms with E-state index < -0.39 is 0 Å². The molecule has 104 valence electrons. The van der Waals surface area contributed by atoms with E-state index >= 15 is 0 Å². The fraction of sp³-hybridized carbons (Fsp3) is 0.571. The molecule has 0 atom stereocenters. The summed E-state index contributed by atoms with van der Waals surface area (Å²) in [5.74, 6) is 1.25. The van der Waals surface area contributed by atoms with E-state index in [1.807, 2.05) is 12.1 Å². The molecule has 5 nitrogen and oxygen atoms in total. The van der Waals surface area contributed by atoms with E-state index in [4.69, 9.17) is 5.73 Å². The van der Waals surface area contributed by atoms with Crippen LogP contribution in [0.4, 0.5) is 11.5 Å². The van der Waals surface area contributed by atoms with Gasteiger partial charge in [0.2, 0.25) is 5.91 Å². The third-order valence-corrected chi connectivity index (χ3v) is 3.51. The Kier molecular flexibility index (Phi) is 5.01. The predicted octanol–water partition coefficient (Wildman–Crippen LogP) is 1.77. The van der Waals surface area contributed by atoms with Gasteiger partial charge in [0.25, 0.3) is 0 Å². The van der Waals surface area contributed by atoms with Gasteiger partial charge in [0.05, 0.1) is 5.69 Å². The lowest BCUT2D eigenvalue weighted by molar-refractivity contribution is -0.127. The summed E-state index contributed by atoms with van der Waals surface area (Å²) < 4.78 is 0. The number of pyridine rings is 1. The number of nitrogens with two attached hydrogens (primary N) is 1. The minimum atomic E-state index is 0.230. The molecule has 19 heavy (non-hydrogen) atoms. The summed E-state index contributed by atoms with van der Waals surface area (Å²) in [6.07, 6.45) is 7.00. The number of nitrogens with one attached hydrogen (secondary N) is 2. The van der Waals surface area contributed by atoms with Crippen molar-refractivity contribution in [2.45, 2.75) is 32.1 Å². The Balaban J connectivity index is 1.52. The van der Waals surface area contributed by atoms with Gasteiger partial charge in [-0.3, -0.25) is 4.79 Å². The van der Waals surface area contributed by atoms with E-state index in [1.165, 1.54) is 6.42 Å². The van der Waals surface area contributed by atoms with Gasteiger partial charge >= 0.3 is 0 Å². The number of nitrogen functional groups attached to an aromatic ring is 1. The molecular formula is C14H22N4O. The topological polar surface area (TPSA) is 80.0 Å². The Morgan fingerprint density at radius 3 is 2.84 bits per heavy atom. The minimum absolute atomic E-state index is 0.230. The van der Waals surface area contributed by atoms with E-state index in [-0.39, 0.29) is 11.8 Å². The number of anilines is 2. The number of unbranched alkanes of at least 4 members (excludes halogenated alkanes) is 1. The first kappa shape index (κ1) is 13.6. The zero-order chi connectivity index (χ0) is 13.5. The van der Waals surface area contributed by atoms with Crippen LogP contribution in [0.3, 0.4) is 0 Å².